The number of aliphatic hydroxyl groups is 1. The van der Waals surface area contributed by atoms with Gasteiger partial charge in [-0.15, -0.1) is 0 Å². The number of nitrogens with zero attached hydrogens (tertiary/aromatic N) is 1. The van der Waals surface area contributed by atoms with E-state index in [0.717, 1.165) is 30.3 Å². The number of benzene rings is 1. The van der Waals surface area contributed by atoms with Gasteiger partial charge in [0.1, 0.15) is 5.75 Å². The van der Waals surface area contributed by atoms with E-state index in [1.807, 2.05) is 24.3 Å². The molecule has 2 rings (SSSR count). The predicted octanol–water partition coefficient (Wildman–Crippen LogP) is 3.24. The van der Waals surface area contributed by atoms with Crippen LogP contribution in [0.1, 0.15) is 44.8 Å². The van der Waals surface area contributed by atoms with E-state index in [2.05, 4.69) is 18.7 Å². The van der Waals surface area contributed by atoms with Crippen molar-refractivity contribution in [3.8, 4) is 5.75 Å². The molecule has 0 amide bonds. The summed E-state index contributed by atoms with van der Waals surface area (Å²) in [5.41, 5.74) is 0.973. The predicted molar refractivity (Wildman–Crippen MR) is 82.0 cm³/mol. The fourth-order valence-electron chi connectivity index (χ4n) is 2.44. The highest BCUT2D eigenvalue weighted by Gasteiger charge is 2.30. The first kappa shape index (κ1) is 15.3. The highest BCUT2D eigenvalue weighted by Crippen LogP contribution is 2.29. The second kappa shape index (κ2) is 7.09. The van der Waals surface area contributed by atoms with E-state index in [9.17, 15) is 5.11 Å². The molecule has 1 fully saturated rings. The van der Waals surface area contributed by atoms with Gasteiger partial charge in [0.25, 0.3) is 0 Å². The molecule has 1 aromatic carbocycles. The zero-order valence-electron chi connectivity index (χ0n) is 12.9. The van der Waals surface area contributed by atoms with Crippen LogP contribution in [0.3, 0.4) is 0 Å². The molecule has 1 aromatic rings. The smallest absolute Gasteiger partial charge is 0.118 e. The normalized spacial score (nSPS) is 16.7. The van der Waals surface area contributed by atoms with Crippen LogP contribution in [0.25, 0.3) is 0 Å². The van der Waals surface area contributed by atoms with Crippen LogP contribution in [0.2, 0.25) is 0 Å². The average Bonchev–Trinajstić information content (AvgIpc) is 3.27. The van der Waals surface area contributed by atoms with Gasteiger partial charge in [-0.2, -0.15) is 0 Å². The van der Waals surface area contributed by atoms with Gasteiger partial charge in [-0.3, -0.25) is 4.90 Å². The maximum atomic E-state index is 10.4. The average molecular weight is 277 g/mol. The van der Waals surface area contributed by atoms with Crippen LogP contribution in [0, 0.1) is 5.92 Å². The third kappa shape index (κ3) is 4.50. The molecule has 112 valence electrons. The summed E-state index contributed by atoms with van der Waals surface area (Å²) < 4.78 is 5.15. The Hall–Kier alpha value is -1.06. The number of rotatable bonds is 8. The topological polar surface area (TPSA) is 32.7 Å². The molecule has 1 unspecified atom stereocenters. The molecule has 20 heavy (non-hydrogen) atoms. The largest absolute Gasteiger partial charge is 0.497 e. The molecule has 0 saturated heterocycles. The molecular weight excluding hydrogens is 250 g/mol. The van der Waals surface area contributed by atoms with Gasteiger partial charge >= 0.3 is 0 Å². The Labute approximate surface area is 122 Å². The standard InChI is InChI=1S/C17H27NO2/c1-13(2)10-11-18(15-6-7-15)12-17(19)14-4-8-16(20-3)9-5-14/h4-5,8-9,13,15,17,19H,6-7,10-12H2,1-3H3. The molecule has 0 spiro atoms. The number of methoxy groups -OCH3 is 1. The van der Waals surface area contributed by atoms with Crippen LogP contribution in [0.15, 0.2) is 24.3 Å². The quantitative estimate of drug-likeness (QED) is 0.792. The molecule has 1 N–H and O–H groups in total. The lowest BCUT2D eigenvalue weighted by atomic mass is 10.1. The van der Waals surface area contributed by atoms with E-state index in [0.29, 0.717) is 6.04 Å². The zero-order chi connectivity index (χ0) is 14.5. The molecule has 0 heterocycles. The summed E-state index contributed by atoms with van der Waals surface area (Å²) in [6.45, 7) is 6.34. The van der Waals surface area contributed by atoms with Crippen molar-refractivity contribution in [1.29, 1.82) is 0 Å². The van der Waals surface area contributed by atoms with Gasteiger partial charge in [-0.1, -0.05) is 26.0 Å². The highest BCUT2D eigenvalue weighted by atomic mass is 16.5. The Kier molecular flexibility index (Phi) is 5.44. The van der Waals surface area contributed by atoms with Crippen molar-refractivity contribution in [3.63, 3.8) is 0 Å². The molecule has 1 aliphatic rings. The monoisotopic (exact) mass is 277 g/mol. The molecule has 3 nitrogen and oxygen atoms in total. The Bertz CT molecular complexity index is 398. The van der Waals surface area contributed by atoms with Crippen LogP contribution in [-0.2, 0) is 0 Å². The van der Waals surface area contributed by atoms with Crippen molar-refractivity contribution in [2.24, 2.45) is 5.92 Å². The third-order valence-corrected chi connectivity index (χ3v) is 3.96. The first-order chi connectivity index (χ1) is 9.60. The number of aliphatic hydroxyl groups excluding tert-OH is 1. The van der Waals surface area contributed by atoms with E-state index < -0.39 is 6.10 Å². The SMILES string of the molecule is COc1ccc(C(O)CN(CCC(C)C)C2CC2)cc1. The fraction of sp³-hybridized carbons (Fsp3) is 0.647. The fourth-order valence-corrected chi connectivity index (χ4v) is 2.44. The van der Waals surface area contributed by atoms with Crippen molar-refractivity contribution in [3.05, 3.63) is 29.8 Å². The van der Waals surface area contributed by atoms with Crippen molar-refractivity contribution in [2.45, 2.75) is 45.3 Å². The number of ether oxygens (including phenoxy) is 1. The lowest BCUT2D eigenvalue weighted by Gasteiger charge is -2.26. The number of hydrogen-bond acceptors (Lipinski definition) is 3. The van der Waals surface area contributed by atoms with Crippen molar-refractivity contribution >= 4 is 0 Å². The zero-order valence-corrected chi connectivity index (χ0v) is 12.9. The van der Waals surface area contributed by atoms with Crippen LogP contribution in [0.5, 0.6) is 5.75 Å². The van der Waals surface area contributed by atoms with E-state index in [1.165, 1.54) is 19.3 Å². The third-order valence-electron chi connectivity index (χ3n) is 3.96. The van der Waals surface area contributed by atoms with E-state index in [-0.39, 0.29) is 0 Å². The Morgan fingerprint density at radius 2 is 1.90 bits per heavy atom. The summed E-state index contributed by atoms with van der Waals surface area (Å²) in [6.07, 6.45) is 3.36. The maximum absolute atomic E-state index is 10.4. The molecule has 0 radical (unpaired) electrons. The molecule has 0 aliphatic heterocycles. The molecule has 1 aliphatic carbocycles. The molecule has 0 bridgehead atoms. The first-order valence-electron chi connectivity index (χ1n) is 7.66. The van der Waals surface area contributed by atoms with Crippen LogP contribution in [-0.4, -0.2) is 36.2 Å². The van der Waals surface area contributed by atoms with Crippen molar-refractivity contribution < 1.29 is 9.84 Å². The molecule has 3 heteroatoms. The van der Waals surface area contributed by atoms with E-state index in [1.54, 1.807) is 7.11 Å². The van der Waals surface area contributed by atoms with Crippen molar-refractivity contribution in [1.82, 2.24) is 4.90 Å². The van der Waals surface area contributed by atoms with Gasteiger partial charge < -0.3 is 9.84 Å². The lowest BCUT2D eigenvalue weighted by Crippen LogP contribution is -2.32. The van der Waals surface area contributed by atoms with Crippen molar-refractivity contribution in [2.75, 3.05) is 20.2 Å². The summed E-state index contributed by atoms with van der Waals surface area (Å²) in [4.78, 5) is 2.45. The Balaban J connectivity index is 1.91. The summed E-state index contributed by atoms with van der Waals surface area (Å²) in [7, 11) is 1.66. The van der Waals surface area contributed by atoms with Crippen LogP contribution >= 0.6 is 0 Å². The van der Waals surface area contributed by atoms with Gasteiger partial charge in [0, 0.05) is 12.6 Å². The Morgan fingerprint density at radius 3 is 2.40 bits per heavy atom. The minimum atomic E-state index is -0.409. The van der Waals surface area contributed by atoms with Gasteiger partial charge in [0.15, 0.2) is 0 Å². The molecule has 1 atom stereocenters. The second-order valence-electron chi connectivity index (χ2n) is 6.20. The summed E-state index contributed by atoms with van der Waals surface area (Å²) in [6, 6.07) is 8.43. The van der Waals surface area contributed by atoms with Gasteiger partial charge in [0.2, 0.25) is 0 Å². The molecule has 1 saturated carbocycles. The minimum Gasteiger partial charge on any atom is -0.497 e. The summed E-state index contributed by atoms with van der Waals surface area (Å²) in [5.74, 6) is 1.55. The second-order valence-corrected chi connectivity index (χ2v) is 6.20. The van der Waals surface area contributed by atoms with E-state index in [4.69, 9.17) is 4.74 Å². The minimum absolute atomic E-state index is 0.409. The Morgan fingerprint density at radius 1 is 1.25 bits per heavy atom. The van der Waals surface area contributed by atoms with Gasteiger partial charge in [0.05, 0.1) is 13.2 Å². The van der Waals surface area contributed by atoms with Gasteiger partial charge in [-0.05, 0) is 49.4 Å². The highest BCUT2D eigenvalue weighted by molar-refractivity contribution is 5.28. The van der Waals surface area contributed by atoms with Crippen LogP contribution in [0.4, 0.5) is 0 Å². The molecular formula is C17H27NO2. The summed E-state index contributed by atoms with van der Waals surface area (Å²) >= 11 is 0. The van der Waals surface area contributed by atoms with Gasteiger partial charge in [-0.25, -0.2) is 0 Å². The van der Waals surface area contributed by atoms with E-state index >= 15 is 0 Å². The lowest BCUT2D eigenvalue weighted by molar-refractivity contribution is 0.105. The first-order valence-corrected chi connectivity index (χ1v) is 7.66. The summed E-state index contributed by atoms with van der Waals surface area (Å²) in [5, 5.41) is 10.4. The molecule has 0 aromatic heterocycles. The number of hydrogen-bond donors (Lipinski definition) is 1. The van der Waals surface area contributed by atoms with Crippen LogP contribution < -0.4 is 4.74 Å². The maximum Gasteiger partial charge on any atom is 0.118 e.